The smallest absolute Gasteiger partial charge is 0.191 e. The maximum absolute atomic E-state index is 6.13. The van der Waals surface area contributed by atoms with E-state index in [-0.39, 0.29) is 30.1 Å². The van der Waals surface area contributed by atoms with E-state index in [9.17, 15) is 0 Å². The van der Waals surface area contributed by atoms with Crippen molar-refractivity contribution in [3.63, 3.8) is 0 Å². The Morgan fingerprint density at radius 3 is 2.54 bits per heavy atom. The highest BCUT2D eigenvalue weighted by atomic mass is 127. The normalized spacial score (nSPS) is 24.2. The van der Waals surface area contributed by atoms with Crippen molar-refractivity contribution < 1.29 is 4.74 Å². The maximum Gasteiger partial charge on any atom is 0.191 e. The van der Waals surface area contributed by atoms with Crippen molar-refractivity contribution in [2.45, 2.75) is 64.5 Å². The van der Waals surface area contributed by atoms with Crippen LogP contribution in [0.15, 0.2) is 29.3 Å². The number of guanidine groups is 1. The van der Waals surface area contributed by atoms with Gasteiger partial charge in [0.15, 0.2) is 5.96 Å². The molecule has 0 spiro atoms. The van der Waals surface area contributed by atoms with Crippen LogP contribution in [0.2, 0.25) is 0 Å². The highest BCUT2D eigenvalue weighted by Crippen LogP contribution is 2.34. The molecule has 2 atom stereocenters. The van der Waals surface area contributed by atoms with E-state index >= 15 is 0 Å². The van der Waals surface area contributed by atoms with Crippen LogP contribution >= 0.6 is 24.0 Å². The van der Waals surface area contributed by atoms with Gasteiger partial charge in [-0.05, 0) is 45.1 Å². The molecule has 2 aliphatic rings. The fourth-order valence-corrected chi connectivity index (χ4v) is 3.95. The summed E-state index contributed by atoms with van der Waals surface area (Å²) in [5.74, 6) is 1.43. The van der Waals surface area contributed by atoms with Crippen molar-refractivity contribution in [3.05, 3.63) is 35.4 Å². The summed E-state index contributed by atoms with van der Waals surface area (Å²) >= 11 is 0. The Morgan fingerprint density at radius 1 is 1.12 bits per heavy atom. The second-order valence-corrected chi connectivity index (χ2v) is 7.45. The minimum absolute atomic E-state index is 0. The fraction of sp³-hybridized carbons (Fsp3) is 0.667. The number of aryl methyl sites for hydroxylation is 1. The van der Waals surface area contributed by atoms with Crippen molar-refractivity contribution in [2.75, 3.05) is 19.7 Å². The van der Waals surface area contributed by atoms with Crippen LogP contribution in [0.3, 0.4) is 0 Å². The zero-order chi connectivity index (χ0) is 17.5. The molecule has 0 bridgehead atoms. The SMILES string of the molecule is CCNC(=NCC1CCCOC1c1ccc(C)cc1)NC1CCCC1.I. The third-order valence-corrected chi connectivity index (χ3v) is 5.37. The summed E-state index contributed by atoms with van der Waals surface area (Å²) in [4.78, 5) is 4.91. The predicted molar refractivity (Wildman–Crippen MR) is 119 cm³/mol. The summed E-state index contributed by atoms with van der Waals surface area (Å²) < 4.78 is 6.13. The van der Waals surface area contributed by atoms with Crippen LogP contribution in [0.1, 0.15) is 62.7 Å². The first kappa shape index (κ1) is 21.5. The molecule has 1 aromatic rings. The molecule has 4 nitrogen and oxygen atoms in total. The second kappa shape index (κ2) is 11.1. The number of ether oxygens (including phenoxy) is 1. The van der Waals surface area contributed by atoms with Crippen molar-refractivity contribution >= 4 is 29.9 Å². The van der Waals surface area contributed by atoms with Gasteiger partial charge in [0, 0.05) is 31.7 Å². The van der Waals surface area contributed by atoms with Crippen LogP contribution in [0.25, 0.3) is 0 Å². The van der Waals surface area contributed by atoms with Gasteiger partial charge >= 0.3 is 0 Å². The Morgan fingerprint density at radius 2 is 1.85 bits per heavy atom. The molecular weight excluding hydrogens is 437 g/mol. The number of rotatable bonds is 5. The van der Waals surface area contributed by atoms with Gasteiger partial charge in [-0.15, -0.1) is 24.0 Å². The molecule has 1 aliphatic carbocycles. The minimum Gasteiger partial charge on any atom is -0.373 e. The zero-order valence-corrected chi connectivity index (χ0v) is 18.5. The van der Waals surface area contributed by atoms with E-state index in [0.717, 1.165) is 32.1 Å². The Kier molecular flexibility index (Phi) is 9.19. The molecule has 1 saturated carbocycles. The molecular formula is C21H34IN3O. The Hall–Kier alpha value is -0.820. The zero-order valence-electron chi connectivity index (χ0n) is 16.2. The fourth-order valence-electron chi connectivity index (χ4n) is 3.95. The van der Waals surface area contributed by atoms with E-state index in [1.54, 1.807) is 0 Å². The number of aliphatic imine (C=N–C) groups is 1. The second-order valence-electron chi connectivity index (χ2n) is 7.45. The van der Waals surface area contributed by atoms with Gasteiger partial charge in [0.1, 0.15) is 0 Å². The van der Waals surface area contributed by atoms with E-state index < -0.39 is 0 Å². The monoisotopic (exact) mass is 471 g/mol. The average Bonchev–Trinajstić information content (AvgIpc) is 3.14. The molecule has 5 heteroatoms. The van der Waals surface area contributed by atoms with E-state index in [4.69, 9.17) is 9.73 Å². The largest absolute Gasteiger partial charge is 0.373 e. The summed E-state index contributed by atoms with van der Waals surface area (Å²) in [5, 5.41) is 7.03. The highest BCUT2D eigenvalue weighted by molar-refractivity contribution is 14.0. The molecule has 0 aromatic heterocycles. The molecule has 2 fully saturated rings. The van der Waals surface area contributed by atoms with Crippen LogP contribution in [0.4, 0.5) is 0 Å². The third kappa shape index (κ3) is 6.12. The van der Waals surface area contributed by atoms with Crippen LogP contribution < -0.4 is 10.6 Å². The summed E-state index contributed by atoms with van der Waals surface area (Å²) in [6, 6.07) is 9.38. The predicted octanol–water partition coefficient (Wildman–Crippen LogP) is 4.58. The van der Waals surface area contributed by atoms with Crippen LogP contribution in [0, 0.1) is 12.8 Å². The standard InChI is InChI=1S/C21H33N3O.HI/c1-3-22-21(24-19-8-4-5-9-19)23-15-18-7-6-14-25-20(18)17-12-10-16(2)11-13-17;/h10-13,18-20H,3-9,14-15H2,1-2H3,(H2,22,23,24);1H. The molecule has 3 rings (SSSR count). The molecule has 1 aliphatic heterocycles. The molecule has 1 saturated heterocycles. The van der Waals surface area contributed by atoms with E-state index in [0.29, 0.717) is 12.0 Å². The third-order valence-electron chi connectivity index (χ3n) is 5.37. The highest BCUT2D eigenvalue weighted by Gasteiger charge is 2.27. The van der Waals surface area contributed by atoms with Crippen LogP contribution in [-0.2, 0) is 4.74 Å². The molecule has 0 amide bonds. The molecule has 146 valence electrons. The molecule has 1 aromatic carbocycles. The summed E-state index contributed by atoms with van der Waals surface area (Å²) in [7, 11) is 0. The molecule has 0 radical (unpaired) electrons. The van der Waals surface area contributed by atoms with Gasteiger partial charge in [0.25, 0.3) is 0 Å². The quantitative estimate of drug-likeness (QED) is 0.376. The lowest BCUT2D eigenvalue weighted by molar-refractivity contribution is -0.0250. The lowest BCUT2D eigenvalue weighted by atomic mass is 9.89. The van der Waals surface area contributed by atoms with Gasteiger partial charge in [0.05, 0.1) is 6.10 Å². The lowest BCUT2D eigenvalue weighted by Gasteiger charge is -2.31. The summed E-state index contributed by atoms with van der Waals surface area (Å²) in [5.41, 5.74) is 2.59. The van der Waals surface area contributed by atoms with E-state index in [1.807, 2.05) is 0 Å². The molecule has 2 N–H and O–H groups in total. The van der Waals surface area contributed by atoms with Crippen molar-refractivity contribution in [1.82, 2.24) is 10.6 Å². The van der Waals surface area contributed by atoms with Gasteiger partial charge in [-0.25, -0.2) is 0 Å². The topological polar surface area (TPSA) is 45.7 Å². The van der Waals surface area contributed by atoms with Gasteiger partial charge in [-0.1, -0.05) is 42.7 Å². The van der Waals surface area contributed by atoms with Crippen molar-refractivity contribution in [2.24, 2.45) is 10.9 Å². The van der Waals surface area contributed by atoms with E-state index in [1.165, 1.54) is 43.2 Å². The lowest BCUT2D eigenvalue weighted by Crippen LogP contribution is -2.42. The Balaban J connectivity index is 0.00000243. The molecule has 26 heavy (non-hydrogen) atoms. The van der Waals surface area contributed by atoms with Gasteiger partial charge in [-0.3, -0.25) is 4.99 Å². The minimum atomic E-state index is 0. The van der Waals surface area contributed by atoms with Gasteiger partial charge in [-0.2, -0.15) is 0 Å². The molecule has 2 unspecified atom stereocenters. The first-order chi connectivity index (χ1) is 12.3. The van der Waals surface area contributed by atoms with Gasteiger partial charge in [0.2, 0.25) is 0 Å². The number of hydrogen-bond acceptors (Lipinski definition) is 2. The van der Waals surface area contributed by atoms with Crippen LogP contribution in [0.5, 0.6) is 0 Å². The maximum atomic E-state index is 6.13. The number of nitrogens with one attached hydrogen (secondary N) is 2. The van der Waals surface area contributed by atoms with Gasteiger partial charge < -0.3 is 15.4 Å². The summed E-state index contributed by atoms with van der Waals surface area (Å²) in [6.45, 7) is 6.84. The first-order valence-corrected chi connectivity index (χ1v) is 9.99. The van der Waals surface area contributed by atoms with Crippen LogP contribution in [-0.4, -0.2) is 31.7 Å². The van der Waals surface area contributed by atoms with Crippen molar-refractivity contribution in [1.29, 1.82) is 0 Å². The number of hydrogen-bond donors (Lipinski definition) is 2. The Bertz CT molecular complexity index is 555. The average molecular weight is 471 g/mol. The number of halogens is 1. The van der Waals surface area contributed by atoms with E-state index in [2.05, 4.69) is 48.7 Å². The molecule has 1 heterocycles. The number of nitrogens with zero attached hydrogens (tertiary/aromatic N) is 1. The van der Waals surface area contributed by atoms with Crippen molar-refractivity contribution in [3.8, 4) is 0 Å². The summed E-state index contributed by atoms with van der Waals surface area (Å²) in [6.07, 6.45) is 7.70. The first-order valence-electron chi connectivity index (χ1n) is 9.99. The number of benzene rings is 1. The Labute approximate surface area is 175 Å².